The van der Waals surface area contributed by atoms with Crippen molar-refractivity contribution in [2.75, 3.05) is 0 Å². The SMILES string of the molecule is Cc1cccc(C)c1Oc1nnc(-c2[c-]cccc2)c2cc3ccccc3cc12.[Ir]. The molecule has 0 saturated carbocycles. The van der Waals surface area contributed by atoms with E-state index in [-0.39, 0.29) is 20.1 Å². The summed E-state index contributed by atoms with van der Waals surface area (Å²) in [5, 5.41) is 13.2. The van der Waals surface area contributed by atoms with Crippen LogP contribution in [0.2, 0.25) is 0 Å². The first kappa shape index (κ1) is 20.2. The van der Waals surface area contributed by atoms with Crippen molar-refractivity contribution in [1.82, 2.24) is 10.2 Å². The summed E-state index contributed by atoms with van der Waals surface area (Å²) in [7, 11) is 0. The number of benzene rings is 4. The van der Waals surface area contributed by atoms with Gasteiger partial charge in [-0.2, -0.15) is 5.10 Å². The van der Waals surface area contributed by atoms with Gasteiger partial charge in [-0.3, -0.25) is 0 Å². The Hall–Kier alpha value is -3.07. The zero-order valence-electron chi connectivity index (χ0n) is 16.6. The van der Waals surface area contributed by atoms with Gasteiger partial charge in [-0.15, -0.1) is 41.0 Å². The third-order valence-corrected chi connectivity index (χ3v) is 5.18. The van der Waals surface area contributed by atoms with Gasteiger partial charge in [0.25, 0.3) is 0 Å². The van der Waals surface area contributed by atoms with Crippen LogP contribution in [0, 0.1) is 19.9 Å². The summed E-state index contributed by atoms with van der Waals surface area (Å²) in [4.78, 5) is 0. The van der Waals surface area contributed by atoms with E-state index in [2.05, 4.69) is 40.5 Å². The van der Waals surface area contributed by atoms with E-state index < -0.39 is 0 Å². The van der Waals surface area contributed by atoms with Crippen molar-refractivity contribution < 1.29 is 24.8 Å². The molecular weight excluding hydrogens is 549 g/mol. The van der Waals surface area contributed by atoms with Crippen LogP contribution in [0.5, 0.6) is 11.6 Å². The number of nitrogens with zero attached hydrogens (tertiary/aromatic N) is 2. The molecule has 1 heterocycles. The quantitative estimate of drug-likeness (QED) is 0.181. The molecule has 0 saturated heterocycles. The van der Waals surface area contributed by atoms with Crippen LogP contribution in [0.15, 0.2) is 78.9 Å². The van der Waals surface area contributed by atoms with Gasteiger partial charge in [0.15, 0.2) is 0 Å². The maximum Gasteiger partial charge on any atom is 0.245 e. The molecule has 149 valence electrons. The molecule has 0 unspecified atom stereocenters. The zero-order valence-corrected chi connectivity index (χ0v) is 19.0. The second kappa shape index (κ2) is 8.35. The number of aromatic nitrogens is 2. The normalized spacial score (nSPS) is 10.7. The topological polar surface area (TPSA) is 35.0 Å². The van der Waals surface area contributed by atoms with E-state index in [9.17, 15) is 0 Å². The molecule has 0 N–H and O–H groups in total. The van der Waals surface area contributed by atoms with Crippen LogP contribution in [-0.4, -0.2) is 10.2 Å². The molecule has 30 heavy (non-hydrogen) atoms. The van der Waals surface area contributed by atoms with E-state index in [1.807, 2.05) is 68.4 Å². The van der Waals surface area contributed by atoms with E-state index in [0.717, 1.165) is 49.7 Å². The number of aryl methyl sites for hydroxylation is 2. The summed E-state index contributed by atoms with van der Waals surface area (Å²) in [6.07, 6.45) is 0. The molecule has 5 aromatic rings. The Morgan fingerprint density at radius 1 is 0.733 bits per heavy atom. The molecule has 0 spiro atoms. The molecule has 5 rings (SSSR count). The summed E-state index contributed by atoms with van der Waals surface area (Å²) in [6.45, 7) is 4.08. The van der Waals surface area contributed by atoms with Gasteiger partial charge >= 0.3 is 0 Å². The second-order valence-corrected chi connectivity index (χ2v) is 7.20. The van der Waals surface area contributed by atoms with Crippen LogP contribution < -0.4 is 4.74 Å². The monoisotopic (exact) mass is 568 g/mol. The van der Waals surface area contributed by atoms with Crippen LogP contribution >= 0.6 is 0 Å². The molecule has 0 atom stereocenters. The number of para-hydroxylation sites is 1. The third-order valence-electron chi connectivity index (χ3n) is 5.18. The standard InChI is InChI=1S/C26H19N2O.Ir/c1-17-9-8-10-18(2)25(17)29-26-23-16-21-14-7-6-13-20(21)15-22(23)24(27-28-26)19-11-4-3-5-12-19;/h3-11,13-16H,1-2H3;/q-1;. The van der Waals surface area contributed by atoms with Crippen molar-refractivity contribution >= 4 is 21.5 Å². The predicted octanol–water partition coefficient (Wildman–Crippen LogP) is 6.66. The maximum atomic E-state index is 6.31. The van der Waals surface area contributed by atoms with Gasteiger partial charge in [-0.25, -0.2) is 0 Å². The van der Waals surface area contributed by atoms with Crippen LogP contribution in [0.4, 0.5) is 0 Å². The molecule has 0 amide bonds. The number of fused-ring (bicyclic) bond motifs is 2. The molecule has 0 aliphatic carbocycles. The number of hydrogen-bond donors (Lipinski definition) is 0. The summed E-state index contributed by atoms with van der Waals surface area (Å²) >= 11 is 0. The van der Waals surface area contributed by atoms with Gasteiger partial charge in [0.1, 0.15) is 5.75 Å². The first-order chi connectivity index (χ1) is 14.2. The van der Waals surface area contributed by atoms with Crippen molar-refractivity contribution in [3.8, 4) is 22.9 Å². The predicted molar refractivity (Wildman–Crippen MR) is 117 cm³/mol. The minimum absolute atomic E-state index is 0. The molecule has 3 nitrogen and oxygen atoms in total. The van der Waals surface area contributed by atoms with Crippen molar-refractivity contribution in [3.63, 3.8) is 0 Å². The Morgan fingerprint density at radius 3 is 2.07 bits per heavy atom. The molecular formula is C26H19IrN2O-. The molecule has 0 aliphatic heterocycles. The molecule has 0 fully saturated rings. The molecule has 1 radical (unpaired) electrons. The van der Waals surface area contributed by atoms with E-state index in [1.54, 1.807) is 0 Å². The number of ether oxygens (including phenoxy) is 1. The van der Waals surface area contributed by atoms with Gasteiger partial charge in [0, 0.05) is 31.2 Å². The van der Waals surface area contributed by atoms with Gasteiger partial charge < -0.3 is 4.74 Å². The zero-order chi connectivity index (χ0) is 19.8. The largest absolute Gasteiger partial charge is 0.437 e. The van der Waals surface area contributed by atoms with E-state index >= 15 is 0 Å². The number of hydrogen-bond acceptors (Lipinski definition) is 3. The summed E-state index contributed by atoms with van der Waals surface area (Å²) in [5.74, 6) is 1.35. The molecule has 4 heteroatoms. The van der Waals surface area contributed by atoms with Crippen molar-refractivity contribution in [1.29, 1.82) is 0 Å². The fraction of sp³-hybridized carbons (Fsp3) is 0.0769. The van der Waals surface area contributed by atoms with Crippen LogP contribution in [0.1, 0.15) is 11.1 Å². The van der Waals surface area contributed by atoms with Gasteiger partial charge in [0.2, 0.25) is 5.88 Å². The van der Waals surface area contributed by atoms with Gasteiger partial charge in [0.05, 0.1) is 0 Å². The fourth-order valence-corrected chi connectivity index (χ4v) is 3.69. The average Bonchev–Trinajstić information content (AvgIpc) is 2.75. The van der Waals surface area contributed by atoms with Crippen molar-refractivity contribution in [2.45, 2.75) is 13.8 Å². The van der Waals surface area contributed by atoms with Crippen LogP contribution in [0.25, 0.3) is 32.8 Å². The Bertz CT molecular complexity index is 1330. The Labute approximate surface area is 189 Å². The van der Waals surface area contributed by atoms with Crippen LogP contribution in [-0.2, 0) is 20.1 Å². The Morgan fingerprint density at radius 2 is 1.40 bits per heavy atom. The van der Waals surface area contributed by atoms with Gasteiger partial charge in [-0.05, 0) is 47.2 Å². The smallest absolute Gasteiger partial charge is 0.245 e. The molecule has 4 aromatic carbocycles. The van der Waals surface area contributed by atoms with Crippen LogP contribution in [0.3, 0.4) is 0 Å². The Kier molecular flexibility index (Phi) is 5.63. The minimum Gasteiger partial charge on any atom is -0.437 e. The minimum atomic E-state index is 0. The van der Waals surface area contributed by atoms with E-state index in [4.69, 9.17) is 4.74 Å². The summed E-state index contributed by atoms with van der Waals surface area (Å²) in [6, 6.07) is 29.8. The summed E-state index contributed by atoms with van der Waals surface area (Å²) in [5.41, 5.74) is 3.86. The first-order valence-corrected chi connectivity index (χ1v) is 9.61. The van der Waals surface area contributed by atoms with E-state index in [0.29, 0.717) is 5.88 Å². The average molecular weight is 568 g/mol. The van der Waals surface area contributed by atoms with Crippen molar-refractivity contribution in [2.24, 2.45) is 0 Å². The van der Waals surface area contributed by atoms with Gasteiger partial charge in [-0.1, -0.05) is 48.5 Å². The third kappa shape index (κ3) is 3.60. The molecule has 1 aromatic heterocycles. The molecule has 0 aliphatic rings. The Balaban J connectivity index is 0.00000218. The first-order valence-electron chi connectivity index (χ1n) is 9.61. The van der Waals surface area contributed by atoms with Crippen molar-refractivity contribution in [3.05, 3.63) is 96.1 Å². The summed E-state index contributed by atoms with van der Waals surface area (Å²) < 4.78 is 6.31. The second-order valence-electron chi connectivity index (χ2n) is 7.20. The maximum absolute atomic E-state index is 6.31. The molecule has 0 bridgehead atoms. The fourth-order valence-electron chi connectivity index (χ4n) is 3.69. The number of rotatable bonds is 3. The van der Waals surface area contributed by atoms with E-state index in [1.165, 1.54) is 0 Å².